The molecule has 3 rings (SSSR count). The molecule has 9 heteroatoms. The predicted molar refractivity (Wildman–Crippen MR) is 87.8 cm³/mol. The highest BCUT2D eigenvalue weighted by molar-refractivity contribution is 7.98. The maximum atomic E-state index is 5.87. The summed E-state index contributed by atoms with van der Waals surface area (Å²) in [6, 6.07) is 3.52. The predicted octanol–water partition coefficient (Wildman–Crippen LogP) is 4.42. The SMILES string of the molecule is Cc1nc(Cc2nnc(SCc3cc(Cl)nc(Cl)c3)o2)cs1. The number of pyridine rings is 1. The van der Waals surface area contributed by atoms with Gasteiger partial charge in [0.2, 0.25) is 5.89 Å². The monoisotopic (exact) mass is 372 g/mol. The fourth-order valence-corrected chi connectivity index (χ4v) is 3.58. The number of aryl methyl sites for hydroxylation is 1. The molecule has 0 aromatic carbocycles. The second kappa shape index (κ2) is 6.95. The summed E-state index contributed by atoms with van der Waals surface area (Å²) in [5.41, 5.74) is 1.89. The van der Waals surface area contributed by atoms with Crippen molar-refractivity contribution in [2.45, 2.75) is 24.3 Å². The molecule has 0 fully saturated rings. The topological polar surface area (TPSA) is 64.7 Å². The van der Waals surface area contributed by atoms with Crippen molar-refractivity contribution in [1.82, 2.24) is 20.2 Å². The Kier molecular flexibility index (Phi) is 4.97. The number of nitrogens with zero attached hydrogens (tertiary/aromatic N) is 4. The van der Waals surface area contributed by atoms with Crippen LogP contribution in [0.4, 0.5) is 0 Å². The van der Waals surface area contributed by atoms with E-state index in [2.05, 4.69) is 20.2 Å². The second-order valence-electron chi connectivity index (χ2n) is 4.41. The van der Waals surface area contributed by atoms with Crippen LogP contribution in [-0.4, -0.2) is 20.2 Å². The Labute approximate surface area is 145 Å². The summed E-state index contributed by atoms with van der Waals surface area (Å²) >= 11 is 14.8. The van der Waals surface area contributed by atoms with Gasteiger partial charge in [-0.25, -0.2) is 9.97 Å². The van der Waals surface area contributed by atoms with Crippen molar-refractivity contribution in [3.8, 4) is 0 Å². The van der Waals surface area contributed by atoms with Crippen LogP contribution in [0.1, 0.15) is 22.2 Å². The molecule has 3 aromatic heterocycles. The zero-order valence-electron chi connectivity index (χ0n) is 11.4. The van der Waals surface area contributed by atoms with Crippen molar-refractivity contribution < 1.29 is 4.42 Å². The van der Waals surface area contributed by atoms with Crippen LogP contribution in [0, 0.1) is 6.92 Å². The minimum Gasteiger partial charge on any atom is -0.416 e. The van der Waals surface area contributed by atoms with E-state index >= 15 is 0 Å². The van der Waals surface area contributed by atoms with Crippen molar-refractivity contribution in [2.24, 2.45) is 0 Å². The molecule has 0 saturated carbocycles. The van der Waals surface area contributed by atoms with E-state index in [4.69, 9.17) is 27.6 Å². The first kappa shape index (κ1) is 15.7. The highest BCUT2D eigenvalue weighted by atomic mass is 35.5. The molecule has 0 N–H and O–H groups in total. The highest BCUT2D eigenvalue weighted by Crippen LogP contribution is 2.25. The van der Waals surface area contributed by atoms with Crippen LogP contribution in [0.3, 0.4) is 0 Å². The minimum absolute atomic E-state index is 0.369. The largest absolute Gasteiger partial charge is 0.416 e. The van der Waals surface area contributed by atoms with Crippen molar-refractivity contribution in [3.63, 3.8) is 0 Å². The average Bonchev–Trinajstić information content (AvgIpc) is 3.05. The zero-order valence-corrected chi connectivity index (χ0v) is 14.6. The van der Waals surface area contributed by atoms with Crippen molar-refractivity contribution in [3.05, 3.63) is 50.0 Å². The van der Waals surface area contributed by atoms with Gasteiger partial charge in [0, 0.05) is 11.1 Å². The van der Waals surface area contributed by atoms with Gasteiger partial charge in [0.05, 0.1) is 17.1 Å². The lowest BCUT2D eigenvalue weighted by molar-refractivity contribution is 0.419. The number of thiazole rings is 1. The molecule has 0 spiro atoms. The Morgan fingerprint density at radius 1 is 1.18 bits per heavy atom. The van der Waals surface area contributed by atoms with E-state index in [9.17, 15) is 0 Å². The van der Waals surface area contributed by atoms with E-state index in [0.29, 0.717) is 33.6 Å². The third kappa shape index (κ3) is 4.19. The van der Waals surface area contributed by atoms with Gasteiger partial charge in [0.15, 0.2) is 0 Å². The van der Waals surface area contributed by atoms with Crippen molar-refractivity contribution in [2.75, 3.05) is 0 Å². The molecule has 0 bridgehead atoms. The van der Waals surface area contributed by atoms with E-state index < -0.39 is 0 Å². The van der Waals surface area contributed by atoms with E-state index in [1.807, 2.05) is 12.3 Å². The molecule has 0 atom stereocenters. The molecule has 0 unspecified atom stereocenters. The number of thioether (sulfide) groups is 1. The molecule has 0 amide bonds. The van der Waals surface area contributed by atoms with Crippen LogP contribution in [0.25, 0.3) is 0 Å². The minimum atomic E-state index is 0.369. The Bertz CT molecular complexity index is 770. The lowest BCUT2D eigenvalue weighted by Gasteiger charge is -1.99. The summed E-state index contributed by atoms with van der Waals surface area (Å²) in [6.45, 7) is 1.97. The standard InChI is InChI=1S/C13H10Cl2N4OS2/c1-7-16-9(6-21-7)4-12-18-19-13(20-12)22-5-8-2-10(14)17-11(15)3-8/h2-3,6H,4-5H2,1H3. The number of hydrogen-bond acceptors (Lipinski definition) is 7. The van der Waals surface area contributed by atoms with Crippen LogP contribution < -0.4 is 0 Å². The Morgan fingerprint density at radius 3 is 2.64 bits per heavy atom. The normalized spacial score (nSPS) is 11.0. The molecule has 0 saturated heterocycles. The maximum absolute atomic E-state index is 5.87. The molecular formula is C13H10Cl2N4OS2. The molecule has 114 valence electrons. The van der Waals surface area contributed by atoms with Crippen LogP contribution in [-0.2, 0) is 12.2 Å². The van der Waals surface area contributed by atoms with Crippen molar-refractivity contribution >= 4 is 46.3 Å². The quantitative estimate of drug-likeness (QED) is 0.487. The first-order valence-corrected chi connectivity index (χ1v) is 8.89. The van der Waals surface area contributed by atoms with Crippen LogP contribution in [0.2, 0.25) is 10.3 Å². The Morgan fingerprint density at radius 2 is 1.95 bits per heavy atom. The highest BCUT2D eigenvalue weighted by Gasteiger charge is 2.10. The molecule has 5 nitrogen and oxygen atoms in total. The fraction of sp³-hybridized carbons (Fsp3) is 0.231. The number of halogens is 2. The van der Waals surface area contributed by atoms with Crippen LogP contribution in [0.15, 0.2) is 27.2 Å². The molecule has 22 heavy (non-hydrogen) atoms. The van der Waals surface area contributed by atoms with Gasteiger partial charge in [-0.2, -0.15) is 0 Å². The first-order valence-electron chi connectivity index (χ1n) is 6.26. The maximum Gasteiger partial charge on any atom is 0.276 e. The number of hydrogen-bond donors (Lipinski definition) is 0. The molecule has 3 heterocycles. The average molecular weight is 373 g/mol. The van der Waals surface area contributed by atoms with Gasteiger partial charge in [-0.15, -0.1) is 21.5 Å². The fourth-order valence-electron chi connectivity index (χ4n) is 1.75. The zero-order chi connectivity index (χ0) is 15.5. The molecular weight excluding hydrogens is 363 g/mol. The van der Waals surface area contributed by atoms with Gasteiger partial charge in [-0.3, -0.25) is 0 Å². The first-order chi connectivity index (χ1) is 10.6. The summed E-state index contributed by atoms with van der Waals surface area (Å²) in [5, 5.41) is 12.3. The van der Waals surface area contributed by atoms with Gasteiger partial charge in [0.25, 0.3) is 5.22 Å². The van der Waals surface area contributed by atoms with Gasteiger partial charge in [-0.05, 0) is 24.6 Å². The van der Waals surface area contributed by atoms with Gasteiger partial charge in [-0.1, -0.05) is 35.0 Å². The lowest BCUT2D eigenvalue weighted by Crippen LogP contribution is -1.88. The van der Waals surface area contributed by atoms with Crippen LogP contribution >= 0.6 is 46.3 Å². The summed E-state index contributed by atoms with van der Waals surface area (Å²) in [7, 11) is 0. The third-order valence-electron chi connectivity index (χ3n) is 2.63. The Hall–Kier alpha value is -1.15. The molecule has 0 aliphatic rings. The van der Waals surface area contributed by atoms with Crippen LogP contribution in [0.5, 0.6) is 0 Å². The smallest absolute Gasteiger partial charge is 0.276 e. The van der Waals surface area contributed by atoms with E-state index in [-0.39, 0.29) is 0 Å². The van der Waals surface area contributed by atoms with E-state index in [1.165, 1.54) is 11.8 Å². The molecule has 3 aromatic rings. The molecule has 0 radical (unpaired) electrons. The summed E-state index contributed by atoms with van der Waals surface area (Å²) in [6.07, 6.45) is 0.546. The van der Waals surface area contributed by atoms with E-state index in [1.54, 1.807) is 23.5 Å². The van der Waals surface area contributed by atoms with Crippen molar-refractivity contribution in [1.29, 1.82) is 0 Å². The summed E-state index contributed by atoms with van der Waals surface area (Å²) in [4.78, 5) is 8.28. The lowest BCUT2D eigenvalue weighted by atomic mass is 10.3. The summed E-state index contributed by atoms with van der Waals surface area (Å²) < 4.78 is 5.60. The van der Waals surface area contributed by atoms with Gasteiger partial charge >= 0.3 is 0 Å². The Balaban J connectivity index is 1.61. The number of rotatable bonds is 5. The summed E-state index contributed by atoms with van der Waals surface area (Å²) in [5.74, 6) is 1.18. The molecule has 0 aliphatic carbocycles. The van der Waals surface area contributed by atoms with E-state index in [0.717, 1.165) is 16.3 Å². The third-order valence-corrected chi connectivity index (χ3v) is 4.73. The van der Waals surface area contributed by atoms with Gasteiger partial charge < -0.3 is 4.42 Å². The second-order valence-corrected chi connectivity index (χ2v) is 7.17. The van der Waals surface area contributed by atoms with Gasteiger partial charge in [0.1, 0.15) is 10.3 Å². The molecule has 0 aliphatic heterocycles. The number of aromatic nitrogens is 4.